The molecule has 0 aliphatic carbocycles. The second kappa shape index (κ2) is 6.28. The van der Waals surface area contributed by atoms with Crippen molar-refractivity contribution in [3.05, 3.63) is 70.7 Å². The van der Waals surface area contributed by atoms with Crippen LogP contribution in [-0.4, -0.2) is 37.2 Å². The zero-order valence-corrected chi connectivity index (χ0v) is 13.7. The first-order valence-corrected chi connectivity index (χ1v) is 7.70. The van der Waals surface area contributed by atoms with E-state index in [4.69, 9.17) is 9.26 Å². The van der Waals surface area contributed by atoms with Gasteiger partial charge in [0.15, 0.2) is 5.65 Å². The van der Waals surface area contributed by atoms with Crippen LogP contribution in [0.4, 0.5) is 0 Å². The van der Waals surface area contributed by atoms with E-state index in [1.54, 1.807) is 53.3 Å². The fourth-order valence-corrected chi connectivity index (χ4v) is 2.66. The Labute approximate surface area is 146 Å². The molecule has 0 saturated carbocycles. The molecule has 0 aliphatic rings. The lowest BCUT2D eigenvalue weighted by molar-refractivity contribution is 0.0602. The minimum atomic E-state index is -0.615. The molecule has 4 heterocycles. The molecule has 130 valence electrons. The number of ether oxygens (including phenoxy) is 1. The smallest absolute Gasteiger partial charge is 0.442 e. The lowest BCUT2D eigenvalue weighted by atomic mass is 10.3. The van der Waals surface area contributed by atoms with Crippen LogP contribution in [0.2, 0.25) is 0 Å². The summed E-state index contributed by atoms with van der Waals surface area (Å²) < 4.78 is 12.6. The number of esters is 1. The monoisotopic (exact) mass is 351 g/mol. The third kappa shape index (κ3) is 2.65. The minimum Gasteiger partial charge on any atom is -0.465 e. The maximum absolute atomic E-state index is 12.1. The Hall–Kier alpha value is -3.75. The SMILES string of the molecule is COC(=O)c1cccn2cc(Cn3c(-c4ccccn4)noc3=O)nc12. The molecule has 0 spiro atoms. The molecule has 0 atom stereocenters. The van der Waals surface area contributed by atoms with Gasteiger partial charge in [-0.05, 0) is 24.3 Å². The van der Waals surface area contributed by atoms with Gasteiger partial charge < -0.3 is 9.14 Å². The van der Waals surface area contributed by atoms with Crippen LogP contribution in [0, 0.1) is 0 Å². The van der Waals surface area contributed by atoms with Gasteiger partial charge in [0.25, 0.3) is 0 Å². The molecular weight excluding hydrogens is 338 g/mol. The van der Waals surface area contributed by atoms with E-state index in [-0.39, 0.29) is 6.54 Å². The van der Waals surface area contributed by atoms with Crippen LogP contribution in [0.1, 0.15) is 16.1 Å². The fourth-order valence-electron chi connectivity index (χ4n) is 2.66. The lowest BCUT2D eigenvalue weighted by Gasteiger charge is -2.01. The van der Waals surface area contributed by atoms with Crippen molar-refractivity contribution in [2.24, 2.45) is 0 Å². The molecule has 0 unspecified atom stereocenters. The second-order valence-electron chi connectivity index (χ2n) is 5.45. The summed E-state index contributed by atoms with van der Waals surface area (Å²) in [6.07, 6.45) is 5.09. The van der Waals surface area contributed by atoms with E-state index >= 15 is 0 Å². The van der Waals surface area contributed by atoms with Gasteiger partial charge in [-0.15, -0.1) is 0 Å². The topological polar surface area (TPSA) is 105 Å². The molecule has 9 heteroatoms. The number of hydrogen-bond donors (Lipinski definition) is 0. The Kier molecular flexibility index (Phi) is 3.81. The Morgan fingerprint density at radius 2 is 2.15 bits per heavy atom. The standard InChI is InChI=1S/C17H13N5O4/c1-25-16(23)12-5-4-8-21-9-11(19-14(12)21)10-22-15(20-26-17(22)24)13-6-2-3-7-18-13/h2-9H,10H2,1H3. The summed E-state index contributed by atoms with van der Waals surface area (Å²) in [5.74, 6) is -0.791. The summed E-state index contributed by atoms with van der Waals surface area (Å²) in [7, 11) is 1.31. The summed E-state index contributed by atoms with van der Waals surface area (Å²) in [6, 6.07) is 8.63. The first-order chi connectivity index (χ1) is 12.7. The average molecular weight is 351 g/mol. The number of hydrogen-bond acceptors (Lipinski definition) is 7. The number of carbonyl (C=O) groups is 1. The van der Waals surface area contributed by atoms with E-state index in [1.807, 2.05) is 0 Å². The molecular formula is C17H13N5O4. The number of imidazole rings is 1. The molecule has 0 saturated heterocycles. The largest absolute Gasteiger partial charge is 0.465 e. The Morgan fingerprint density at radius 3 is 2.92 bits per heavy atom. The highest BCUT2D eigenvalue weighted by Crippen LogP contribution is 2.16. The van der Waals surface area contributed by atoms with Crippen LogP contribution < -0.4 is 5.76 Å². The van der Waals surface area contributed by atoms with Crippen LogP contribution in [0.3, 0.4) is 0 Å². The van der Waals surface area contributed by atoms with E-state index in [0.717, 1.165) is 0 Å². The number of carbonyl (C=O) groups excluding carboxylic acids is 1. The first kappa shape index (κ1) is 15.8. The third-order valence-corrected chi connectivity index (χ3v) is 3.84. The van der Waals surface area contributed by atoms with Crippen molar-refractivity contribution < 1.29 is 14.1 Å². The van der Waals surface area contributed by atoms with Crippen LogP contribution in [0.15, 0.2) is 58.2 Å². The molecule has 0 aromatic carbocycles. The summed E-state index contributed by atoms with van der Waals surface area (Å²) in [5, 5.41) is 3.80. The van der Waals surface area contributed by atoms with Crippen molar-refractivity contribution in [3.63, 3.8) is 0 Å². The molecule has 0 N–H and O–H groups in total. The Balaban J connectivity index is 1.76. The molecule has 4 rings (SSSR count). The fraction of sp³-hybridized carbons (Fsp3) is 0.118. The highest BCUT2D eigenvalue weighted by Gasteiger charge is 2.17. The van der Waals surface area contributed by atoms with E-state index in [0.29, 0.717) is 28.4 Å². The van der Waals surface area contributed by atoms with Gasteiger partial charge in [0.2, 0.25) is 5.82 Å². The maximum Gasteiger partial charge on any atom is 0.442 e. The quantitative estimate of drug-likeness (QED) is 0.512. The van der Waals surface area contributed by atoms with Crippen LogP contribution >= 0.6 is 0 Å². The minimum absolute atomic E-state index is 0.122. The van der Waals surface area contributed by atoms with Gasteiger partial charge in [-0.3, -0.25) is 9.51 Å². The molecule has 0 aliphatic heterocycles. The average Bonchev–Trinajstić information content (AvgIpc) is 3.25. The van der Waals surface area contributed by atoms with Gasteiger partial charge in [-0.25, -0.2) is 19.1 Å². The first-order valence-electron chi connectivity index (χ1n) is 7.70. The summed E-state index contributed by atoms with van der Waals surface area (Å²) in [6.45, 7) is 0.122. The summed E-state index contributed by atoms with van der Waals surface area (Å²) in [5.41, 5.74) is 1.85. The predicted molar refractivity (Wildman–Crippen MR) is 89.6 cm³/mol. The molecule has 26 heavy (non-hydrogen) atoms. The zero-order valence-electron chi connectivity index (χ0n) is 13.7. The van der Waals surface area contributed by atoms with E-state index in [2.05, 4.69) is 15.1 Å². The maximum atomic E-state index is 12.1. The van der Waals surface area contributed by atoms with Gasteiger partial charge in [0.1, 0.15) is 11.3 Å². The Morgan fingerprint density at radius 1 is 1.27 bits per heavy atom. The summed E-state index contributed by atoms with van der Waals surface area (Å²) in [4.78, 5) is 32.6. The molecule has 4 aromatic heterocycles. The number of rotatable bonds is 4. The molecule has 0 radical (unpaired) electrons. The van der Waals surface area contributed by atoms with Crippen molar-refractivity contribution in [1.82, 2.24) is 24.1 Å². The van der Waals surface area contributed by atoms with Gasteiger partial charge in [-0.1, -0.05) is 11.2 Å². The van der Waals surface area contributed by atoms with Gasteiger partial charge in [0.05, 0.1) is 19.3 Å². The number of pyridine rings is 2. The molecule has 0 fully saturated rings. The number of nitrogens with zero attached hydrogens (tertiary/aromatic N) is 5. The van der Waals surface area contributed by atoms with Crippen molar-refractivity contribution in [2.75, 3.05) is 7.11 Å². The van der Waals surface area contributed by atoms with Crippen molar-refractivity contribution in [2.45, 2.75) is 6.54 Å². The third-order valence-electron chi connectivity index (χ3n) is 3.84. The van der Waals surface area contributed by atoms with E-state index in [1.165, 1.54) is 11.7 Å². The van der Waals surface area contributed by atoms with Gasteiger partial charge >= 0.3 is 11.7 Å². The molecule has 9 nitrogen and oxygen atoms in total. The number of aromatic nitrogens is 5. The van der Waals surface area contributed by atoms with E-state index in [9.17, 15) is 9.59 Å². The van der Waals surface area contributed by atoms with Crippen molar-refractivity contribution >= 4 is 11.6 Å². The summed E-state index contributed by atoms with van der Waals surface area (Å²) >= 11 is 0. The molecule has 4 aromatic rings. The van der Waals surface area contributed by atoms with Crippen molar-refractivity contribution in [1.29, 1.82) is 0 Å². The van der Waals surface area contributed by atoms with Gasteiger partial charge in [0, 0.05) is 18.6 Å². The highest BCUT2D eigenvalue weighted by atomic mass is 16.5. The van der Waals surface area contributed by atoms with Crippen LogP contribution in [0.25, 0.3) is 17.2 Å². The Bertz CT molecular complexity index is 1140. The second-order valence-corrected chi connectivity index (χ2v) is 5.45. The predicted octanol–water partition coefficient (Wildman–Crippen LogP) is 1.38. The van der Waals surface area contributed by atoms with Crippen LogP contribution in [-0.2, 0) is 11.3 Å². The highest BCUT2D eigenvalue weighted by molar-refractivity contribution is 5.95. The molecule has 0 amide bonds. The lowest BCUT2D eigenvalue weighted by Crippen LogP contribution is -2.16. The normalized spacial score (nSPS) is 11.0. The number of fused-ring (bicyclic) bond motifs is 1. The van der Waals surface area contributed by atoms with Crippen molar-refractivity contribution in [3.8, 4) is 11.5 Å². The molecule has 0 bridgehead atoms. The van der Waals surface area contributed by atoms with Gasteiger partial charge in [-0.2, -0.15) is 0 Å². The van der Waals surface area contributed by atoms with E-state index < -0.39 is 11.7 Å². The zero-order chi connectivity index (χ0) is 18.1. The van der Waals surface area contributed by atoms with Crippen LogP contribution in [0.5, 0.6) is 0 Å². The number of methoxy groups -OCH3 is 1.